The molecule has 0 aromatic carbocycles. The molecule has 0 bridgehead atoms. The maximum Gasteiger partial charge on any atom is 0.00701 e. The van der Waals surface area contributed by atoms with E-state index in [-0.39, 0.29) is 0 Å². The lowest BCUT2D eigenvalue weighted by Gasteiger charge is -2.21. The molecular weight excluding hydrogens is 230 g/mol. The molecule has 1 aliphatic rings. The van der Waals surface area contributed by atoms with Crippen LogP contribution in [0.1, 0.15) is 97.3 Å². The SMILES string of the molecule is CCCCCCCC(CCCCC)C[C@H]1CCCN1. The molecule has 0 radical (unpaired) electrons. The molecule has 0 aromatic rings. The van der Waals surface area contributed by atoms with Crippen molar-refractivity contribution in [2.45, 2.75) is 103 Å². The van der Waals surface area contributed by atoms with Crippen LogP contribution >= 0.6 is 0 Å². The lowest BCUT2D eigenvalue weighted by Crippen LogP contribution is -2.24. The third-order valence-corrected chi connectivity index (χ3v) is 4.71. The lowest BCUT2D eigenvalue weighted by molar-refractivity contribution is 0.344. The summed E-state index contributed by atoms with van der Waals surface area (Å²) in [4.78, 5) is 0. The zero-order valence-corrected chi connectivity index (χ0v) is 13.6. The lowest BCUT2D eigenvalue weighted by atomic mass is 9.88. The van der Waals surface area contributed by atoms with E-state index in [1.165, 1.54) is 90.0 Å². The molecule has 19 heavy (non-hydrogen) atoms. The zero-order valence-electron chi connectivity index (χ0n) is 13.6. The van der Waals surface area contributed by atoms with Gasteiger partial charge in [-0.2, -0.15) is 0 Å². The van der Waals surface area contributed by atoms with Gasteiger partial charge in [-0.1, -0.05) is 78.1 Å². The summed E-state index contributed by atoms with van der Waals surface area (Å²) in [6.07, 6.45) is 18.7. The van der Waals surface area contributed by atoms with Crippen molar-refractivity contribution in [2.75, 3.05) is 6.54 Å². The predicted octanol–water partition coefficient (Wildman–Crippen LogP) is 5.69. The van der Waals surface area contributed by atoms with Crippen LogP contribution in [0.3, 0.4) is 0 Å². The molecule has 114 valence electrons. The summed E-state index contributed by atoms with van der Waals surface area (Å²) >= 11 is 0. The van der Waals surface area contributed by atoms with Crippen molar-refractivity contribution in [1.29, 1.82) is 0 Å². The largest absolute Gasteiger partial charge is 0.314 e. The highest BCUT2D eigenvalue weighted by atomic mass is 14.9. The van der Waals surface area contributed by atoms with Crippen LogP contribution in [-0.4, -0.2) is 12.6 Å². The summed E-state index contributed by atoms with van der Waals surface area (Å²) < 4.78 is 0. The van der Waals surface area contributed by atoms with Gasteiger partial charge >= 0.3 is 0 Å². The molecule has 1 fully saturated rings. The Labute approximate surface area is 121 Å². The van der Waals surface area contributed by atoms with Gasteiger partial charge in [-0.3, -0.25) is 0 Å². The average Bonchev–Trinajstić information content (AvgIpc) is 2.91. The fourth-order valence-electron chi connectivity index (χ4n) is 3.46. The Bertz CT molecular complexity index is 184. The van der Waals surface area contributed by atoms with Crippen LogP contribution in [0.25, 0.3) is 0 Å². The summed E-state index contributed by atoms with van der Waals surface area (Å²) in [6.45, 7) is 5.89. The molecule has 0 spiro atoms. The molecular formula is C18H37N. The van der Waals surface area contributed by atoms with Crippen molar-refractivity contribution in [3.63, 3.8) is 0 Å². The molecule has 2 atom stereocenters. The Hall–Kier alpha value is -0.0400. The Kier molecular flexibility index (Phi) is 10.5. The van der Waals surface area contributed by atoms with E-state index in [0.29, 0.717) is 0 Å². The van der Waals surface area contributed by atoms with E-state index < -0.39 is 0 Å². The van der Waals surface area contributed by atoms with Crippen LogP contribution in [0.5, 0.6) is 0 Å². The number of nitrogens with one attached hydrogen (secondary N) is 1. The third-order valence-electron chi connectivity index (χ3n) is 4.71. The number of rotatable bonds is 12. The minimum absolute atomic E-state index is 0.849. The highest BCUT2D eigenvalue weighted by Crippen LogP contribution is 2.25. The summed E-state index contributed by atoms with van der Waals surface area (Å²) in [7, 11) is 0. The molecule has 0 aliphatic carbocycles. The van der Waals surface area contributed by atoms with Crippen molar-refractivity contribution in [3.05, 3.63) is 0 Å². The van der Waals surface area contributed by atoms with Crippen molar-refractivity contribution < 1.29 is 0 Å². The second-order valence-electron chi connectivity index (χ2n) is 6.59. The van der Waals surface area contributed by atoms with Crippen molar-refractivity contribution in [1.82, 2.24) is 5.32 Å². The first-order valence-electron chi connectivity index (χ1n) is 9.10. The van der Waals surface area contributed by atoms with E-state index in [2.05, 4.69) is 19.2 Å². The van der Waals surface area contributed by atoms with Gasteiger partial charge in [0.2, 0.25) is 0 Å². The van der Waals surface area contributed by atoms with Gasteiger partial charge in [0.15, 0.2) is 0 Å². The van der Waals surface area contributed by atoms with Gasteiger partial charge in [-0.15, -0.1) is 0 Å². The Morgan fingerprint density at radius 1 is 0.895 bits per heavy atom. The molecule has 0 saturated carbocycles. The van der Waals surface area contributed by atoms with Gasteiger partial charge in [0, 0.05) is 6.04 Å². The van der Waals surface area contributed by atoms with Gasteiger partial charge in [-0.05, 0) is 31.7 Å². The molecule has 1 aliphatic heterocycles. The van der Waals surface area contributed by atoms with E-state index >= 15 is 0 Å². The summed E-state index contributed by atoms with van der Waals surface area (Å²) in [6, 6.07) is 0.849. The second kappa shape index (κ2) is 11.8. The van der Waals surface area contributed by atoms with E-state index in [1.807, 2.05) is 0 Å². The van der Waals surface area contributed by atoms with Crippen molar-refractivity contribution in [3.8, 4) is 0 Å². The minimum atomic E-state index is 0.849. The average molecular weight is 268 g/mol. The fourth-order valence-corrected chi connectivity index (χ4v) is 3.46. The quantitative estimate of drug-likeness (QED) is 0.448. The normalized spacial score (nSPS) is 20.8. The van der Waals surface area contributed by atoms with Crippen LogP contribution in [0.2, 0.25) is 0 Å². The number of hydrogen-bond acceptors (Lipinski definition) is 1. The first kappa shape index (κ1) is 17.0. The van der Waals surface area contributed by atoms with Crippen molar-refractivity contribution >= 4 is 0 Å². The van der Waals surface area contributed by atoms with Crippen LogP contribution in [0, 0.1) is 5.92 Å². The van der Waals surface area contributed by atoms with E-state index in [4.69, 9.17) is 0 Å². The molecule has 0 amide bonds. The van der Waals surface area contributed by atoms with Gasteiger partial charge in [0.25, 0.3) is 0 Å². The van der Waals surface area contributed by atoms with Crippen LogP contribution in [0.15, 0.2) is 0 Å². The third kappa shape index (κ3) is 8.68. The Morgan fingerprint density at radius 2 is 1.53 bits per heavy atom. The zero-order chi connectivity index (χ0) is 13.8. The summed E-state index contributed by atoms with van der Waals surface area (Å²) in [5.41, 5.74) is 0. The maximum atomic E-state index is 3.69. The summed E-state index contributed by atoms with van der Waals surface area (Å²) in [5.74, 6) is 1.00. The molecule has 1 heterocycles. The van der Waals surface area contributed by atoms with E-state index in [0.717, 1.165) is 12.0 Å². The number of unbranched alkanes of at least 4 members (excludes halogenated alkanes) is 6. The van der Waals surface area contributed by atoms with E-state index in [9.17, 15) is 0 Å². The molecule has 1 saturated heterocycles. The number of hydrogen-bond donors (Lipinski definition) is 1. The molecule has 0 aromatic heterocycles. The van der Waals surface area contributed by atoms with Crippen LogP contribution < -0.4 is 5.32 Å². The van der Waals surface area contributed by atoms with Crippen LogP contribution in [-0.2, 0) is 0 Å². The maximum absolute atomic E-state index is 3.69. The van der Waals surface area contributed by atoms with Gasteiger partial charge in [0.1, 0.15) is 0 Å². The Balaban J connectivity index is 2.14. The van der Waals surface area contributed by atoms with Gasteiger partial charge in [0.05, 0.1) is 0 Å². The first-order chi connectivity index (χ1) is 9.36. The molecule has 1 heteroatoms. The molecule has 1 rings (SSSR count). The highest BCUT2D eigenvalue weighted by molar-refractivity contribution is 4.77. The molecule has 1 nitrogen and oxygen atoms in total. The fraction of sp³-hybridized carbons (Fsp3) is 1.00. The topological polar surface area (TPSA) is 12.0 Å². The summed E-state index contributed by atoms with van der Waals surface area (Å²) in [5, 5.41) is 3.69. The molecule has 1 unspecified atom stereocenters. The minimum Gasteiger partial charge on any atom is -0.314 e. The Morgan fingerprint density at radius 3 is 2.16 bits per heavy atom. The molecule has 1 N–H and O–H groups in total. The highest BCUT2D eigenvalue weighted by Gasteiger charge is 2.19. The van der Waals surface area contributed by atoms with Gasteiger partial charge in [-0.25, -0.2) is 0 Å². The van der Waals surface area contributed by atoms with Crippen molar-refractivity contribution in [2.24, 2.45) is 5.92 Å². The van der Waals surface area contributed by atoms with Gasteiger partial charge < -0.3 is 5.32 Å². The first-order valence-corrected chi connectivity index (χ1v) is 9.10. The second-order valence-corrected chi connectivity index (χ2v) is 6.59. The van der Waals surface area contributed by atoms with Crippen LogP contribution in [0.4, 0.5) is 0 Å². The smallest absolute Gasteiger partial charge is 0.00701 e. The predicted molar refractivity (Wildman–Crippen MR) is 86.6 cm³/mol. The van der Waals surface area contributed by atoms with E-state index in [1.54, 1.807) is 0 Å². The standard InChI is InChI=1S/C18H37N/c1-3-5-7-8-10-13-17(12-9-6-4-2)16-18-14-11-15-19-18/h17-19H,3-16H2,1-2H3/t17?,18-/m1/s1. The monoisotopic (exact) mass is 267 g/mol.